The number of hydrogen-bond acceptors (Lipinski definition) is 3. The molecule has 0 aliphatic rings. The summed E-state index contributed by atoms with van der Waals surface area (Å²) in [5, 5.41) is 2.86. The molecule has 4 heteroatoms. The first kappa shape index (κ1) is 19.4. The quantitative estimate of drug-likeness (QED) is 0.577. The van der Waals surface area contributed by atoms with Crippen molar-refractivity contribution in [3.05, 3.63) is 71.8 Å². The largest absolute Gasteiger partial charge is 0.449 e. The molecule has 0 fully saturated rings. The Morgan fingerprint density at radius 1 is 1.04 bits per heavy atom. The van der Waals surface area contributed by atoms with Gasteiger partial charge in [0.15, 0.2) is 6.10 Å². The molecule has 26 heavy (non-hydrogen) atoms. The van der Waals surface area contributed by atoms with Crippen LogP contribution in [-0.4, -0.2) is 18.0 Å². The zero-order valence-corrected chi connectivity index (χ0v) is 15.4. The van der Waals surface area contributed by atoms with Gasteiger partial charge >= 0.3 is 5.97 Å². The van der Waals surface area contributed by atoms with Crippen LogP contribution in [0.5, 0.6) is 0 Å². The number of anilines is 1. The van der Waals surface area contributed by atoms with Crippen LogP contribution in [0.4, 0.5) is 5.69 Å². The second kappa shape index (κ2) is 9.56. The Hall–Kier alpha value is -2.88. The van der Waals surface area contributed by atoms with E-state index in [-0.39, 0.29) is 5.91 Å². The van der Waals surface area contributed by atoms with Gasteiger partial charge in [0.05, 0.1) is 0 Å². The van der Waals surface area contributed by atoms with Crippen molar-refractivity contribution in [3.63, 3.8) is 0 Å². The highest BCUT2D eigenvalue weighted by Gasteiger charge is 2.18. The Morgan fingerprint density at radius 3 is 2.38 bits per heavy atom. The number of carbonyl (C=O) groups is 2. The summed E-state index contributed by atoms with van der Waals surface area (Å²) in [7, 11) is 0. The van der Waals surface area contributed by atoms with Gasteiger partial charge in [-0.2, -0.15) is 0 Å². The van der Waals surface area contributed by atoms with Crippen LogP contribution in [0.25, 0.3) is 6.08 Å². The predicted octanol–water partition coefficient (Wildman–Crippen LogP) is 4.78. The molecule has 2 aromatic carbocycles. The van der Waals surface area contributed by atoms with E-state index in [0.29, 0.717) is 5.92 Å². The second-order valence-corrected chi connectivity index (χ2v) is 6.21. The van der Waals surface area contributed by atoms with Crippen molar-refractivity contribution < 1.29 is 14.3 Å². The average molecular weight is 351 g/mol. The standard InChI is InChI=1S/C22H25NO3/c1-4-16(2)19-12-8-9-13-20(19)23-22(25)17(3)26-21(24)15-14-18-10-6-5-7-11-18/h5-17H,4H2,1-3H3,(H,23,25)/b15-14+/t16-,17+/m1/s1. The van der Waals surface area contributed by atoms with Crippen molar-refractivity contribution >= 4 is 23.6 Å². The summed E-state index contributed by atoms with van der Waals surface area (Å²) < 4.78 is 5.19. The number of para-hydroxylation sites is 1. The lowest BCUT2D eigenvalue weighted by atomic mass is 9.97. The Balaban J connectivity index is 1.96. The molecular formula is C22H25NO3. The molecule has 0 aliphatic heterocycles. The minimum absolute atomic E-state index is 0.332. The number of esters is 1. The fourth-order valence-corrected chi connectivity index (χ4v) is 2.49. The lowest BCUT2D eigenvalue weighted by Crippen LogP contribution is -2.29. The molecular weight excluding hydrogens is 326 g/mol. The molecule has 0 bridgehead atoms. The van der Waals surface area contributed by atoms with Crippen LogP contribution in [0.1, 0.15) is 44.2 Å². The normalized spacial score (nSPS) is 13.2. The fourth-order valence-electron chi connectivity index (χ4n) is 2.49. The molecule has 0 radical (unpaired) electrons. The number of benzene rings is 2. The Kier molecular flexibility index (Phi) is 7.15. The second-order valence-electron chi connectivity index (χ2n) is 6.21. The fraction of sp³-hybridized carbons (Fsp3) is 0.273. The minimum Gasteiger partial charge on any atom is -0.449 e. The zero-order chi connectivity index (χ0) is 18.9. The summed E-state index contributed by atoms with van der Waals surface area (Å²) in [6.45, 7) is 5.78. The number of hydrogen-bond donors (Lipinski definition) is 1. The maximum Gasteiger partial charge on any atom is 0.331 e. The van der Waals surface area contributed by atoms with Gasteiger partial charge in [-0.05, 0) is 42.5 Å². The smallest absolute Gasteiger partial charge is 0.331 e. The molecule has 0 aliphatic carbocycles. The van der Waals surface area contributed by atoms with E-state index in [1.165, 1.54) is 6.08 Å². The van der Waals surface area contributed by atoms with Crippen LogP contribution in [0.15, 0.2) is 60.7 Å². The van der Waals surface area contributed by atoms with Gasteiger partial charge < -0.3 is 10.1 Å². The van der Waals surface area contributed by atoms with E-state index in [2.05, 4.69) is 19.2 Å². The Labute approximate surface area is 154 Å². The van der Waals surface area contributed by atoms with E-state index in [4.69, 9.17) is 4.74 Å². The van der Waals surface area contributed by atoms with Crippen LogP contribution < -0.4 is 5.32 Å². The zero-order valence-electron chi connectivity index (χ0n) is 15.4. The first-order valence-electron chi connectivity index (χ1n) is 8.84. The monoisotopic (exact) mass is 351 g/mol. The molecule has 0 unspecified atom stereocenters. The lowest BCUT2D eigenvalue weighted by molar-refractivity contribution is -0.148. The number of amides is 1. The molecule has 0 spiro atoms. The molecule has 2 atom stereocenters. The minimum atomic E-state index is -0.882. The summed E-state index contributed by atoms with van der Waals surface area (Å²) in [4.78, 5) is 24.3. The topological polar surface area (TPSA) is 55.4 Å². The number of nitrogens with one attached hydrogen (secondary N) is 1. The maximum atomic E-state index is 12.4. The lowest BCUT2D eigenvalue weighted by Gasteiger charge is -2.17. The van der Waals surface area contributed by atoms with E-state index < -0.39 is 12.1 Å². The van der Waals surface area contributed by atoms with Crippen molar-refractivity contribution in [3.8, 4) is 0 Å². The van der Waals surface area contributed by atoms with E-state index in [1.54, 1.807) is 13.0 Å². The molecule has 2 aromatic rings. The third kappa shape index (κ3) is 5.59. The van der Waals surface area contributed by atoms with Crippen molar-refractivity contribution in [2.45, 2.75) is 39.2 Å². The Morgan fingerprint density at radius 2 is 1.69 bits per heavy atom. The maximum absolute atomic E-state index is 12.4. The van der Waals surface area contributed by atoms with E-state index in [0.717, 1.165) is 23.2 Å². The molecule has 1 N–H and O–H groups in total. The van der Waals surface area contributed by atoms with Gasteiger partial charge in [0.2, 0.25) is 0 Å². The van der Waals surface area contributed by atoms with E-state index in [9.17, 15) is 9.59 Å². The highest BCUT2D eigenvalue weighted by molar-refractivity contribution is 5.97. The van der Waals surface area contributed by atoms with Crippen molar-refractivity contribution in [2.24, 2.45) is 0 Å². The molecule has 4 nitrogen and oxygen atoms in total. The van der Waals surface area contributed by atoms with Crippen LogP contribution in [0, 0.1) is 0 Å². The van der Waals surface area contributed by atoms with Gasteiger partial charge in [-0.3, -0.25) is 4.79 Å². The molecule has 1 amide bonds. The summed E-state index contributed by atoms with van der Waals surface area (Å²) >= 11 is 0. The summed E-state index contributed by atoms with van der Waals surface area (Å²) in [6.07, 6.45) is 3.08. The summed E-state index contributed by atoms with van der Waals surface area (Å²) in [5.41, 5.74) is 2.73. The van der Waals surface area contributed by atoms with Crippen LogP contribution in [-0.2, 0) is 14.3 Å². The van der Waals surface area contributed by atoms with Crippen molar-refractivity contribution in [2.75, 3.05) is 5.32 Å². The van der Waals surface area contributed by atoms with Gasteiger partial charge in [0.1, 0.15) is 0 Å². The highest BCUT2D eigenvalue weighted by Crippen LogP contribution is 2.26. The summed E-state index contributed by atoms with van der Waals surface area (Å²) in [5.74, 6) is -0.563. The van der Waals surface area contributed by atoms with Gasteiger partial charge in [-0.1, -0.05) is 62.4 Å². The van der Waals surface area contributed by atoms with Gasteiger partial charge in [0, 0.05) is 11.8 Å². The van der Waals surface area contributed by atoms with Crippen LogP contribution >= 0.6 is 0 Å². The molecule has 0 heterocycles. The molecule has 136 valence electrons. The Bertz CT molecular complexity index is 768. The van der Waals surface area contributed by atoms with E-state index in [1.807, 2.05) is 54.6 Å². The van der Waals surface area contributed by atoms with Gasteiger partial charge in [-0.15, -0.1) is 0 Å². The molecule has 2 rings (SSSR count). The van der Waals surface area contributed by atoms with Crippen molar-refractivity contribution in [1.29, 1.82) is 0 Å². The third-order valence-electron chi connectivity index (χ3n) is 4.24. The van der Waals surface area contributed by atoms with Crippen molar-refractivity contribution in [1.82, 2.24) is 0 Å². The predicted molar refractivity (Wildman–Crippen MR) is 105 cm³/mol. The van der Waals surface area contributed by atoms with Gasteiger partial charge in [-0.25, -0.2) is 4.79 Å². The SMILES string of the molecule is CC[C@@H](C)c1ccccc1NC(=O)[C@H](C)OC(=O)/C=C/c1ccccc1. The first-order valence-corrected chi connectivity index (χ1v) is 8.84. The molecule has 0 saturated heterocycles. The number of carbonyl (C=O) groups excluding carboxylic acids is 2. The van der Waals surface area contributed by atoms with Crippen LogP contribution in [0.2, 0.25) is 0 Å². The summed E-state index contributed by atoms with van der Waals surface area (Å²) in [6, 6.07) is 17.1. The first-order chi connectivity index (χ1) is 12.5. The van der Waals surface area contributed by atoms with Crippen LogP contribution in [0.3, 0.4) is 0 Å². The van der Waals surface area contributed by atoms with Gasteiger partial charge in [0.25, 0.3) is 5.91 Å². The molecule has 0 aromatic heterocycles. The average Bonchev–Trinajstić information content (AvgIpc) is 2.67. The highest BCUT2D eigenvalue weighted by atomic mass is 16.5. The number of ether oxygens (including phenoxy) is 1. The third-order valence-corrected chi connectivity index (χ3v) is 4.24. The van der Waals surface area contributed by atoms with E-state index >= 15 is 0 Å². The number of rotatable bonds is 7. The molecule has 0 saturated carbocycles.